The number of carbonyl (C=O) groups excluding carboxylic acids is 1. The molecule has 5 rings (SSSR count). The van der Waals surface area contributed by atoms with E-state index in [0.29, 0.717) is 40.7 Å². The van der Waals surface area contributed by atoms with Gasteiger partial charge in [0.15, 0.2) is 0 Å². The van der Waals surface area contributed by atoms with E-state index in [4.69, 9.17) is 4.42 Å². The third kappa shape index (κ3) is 5.36. The van der Waals surface area contributed by atoms with Crippen molar-refractivity contribution >= 4 is 17.7 Å². The van der Waals surface area contributed by atoms with E-state index in [1.165, 1.54) is 0 Å². The summed E-state index contributed by atoms with van der Waals surface area (Å²) in [6.07, 6.45) is 5.52. The molecular formula is C28H21N5O2. The molecule has 0 atom stereocenters. The second-order valence-electron chi connectivity index (χ2n) is 7.70. The lowest BCUT2D eigenvalue weighted by atomic mass is 10.1. The van der Waals surface area contributed by atoms with Crippen molar-refractivity contribution in [2.45, 2.75) is 6.42 Å². The molecule has 0 fully saturated rings. The van der Waals surface area contributed by atoms with Gasteiger partial charge in [-0.2, -0.15) is 0 Å². The Hall–Kier alpha value is -4.91. The third-order valence-corrected chi connectivity index (χ3v) is 5.25. The lowest BCUT2D eigenvalue weighted by Gasteiger charge is -2.11. The fourth-order valence-electron chi connectivity index (χ4n) is 3.55. The molecular weight excluding hydrogens is 438 g/mol. The maximum Gasteiger partial charge on any atom is 0.252 e. The van der Waals surface area contributed by atoms with Crippen LogP contribution in [0.1, 0.15) is 11.4 Å². The Morgan fingerprint density at radius 3 is 2.26 bits per heavy atom. The van der Waals surface area contributed by atoms with Crippen LogP contribution in [0.2, 0.25) is 0 Å². The molecule has 0 unspecified atom stereocenters. The molecule has 35 heavy (non-hydrogen) atoms. The van der Waals surface area contributed by atoms with Gasteiger partial charge < -0.3 is 9.73 Å². The van der Waals surface area contributed by atoms with E-state index in [2.05, 4.69) is 25.5 Å². The summed E-state index contributed by atoms with van der Waals surface area (Å²) in [6.45, 7) is 0. The first-order valence-corrected chi connectivity index (χ1v) is 11.1. The van der Waals surface area contributed by atoms with Crippen LogP contribution in [-0.4, -0.2) is 26.1 Å². The Morgan fingerprint density at radius 1 is 0.771 bits per heavy atom. The standard InChI is InChI=1S/C28H21N5O2/c34-26(21(18-22-12-6-8-16-29-22)19-23-13-7-9-17-30-23)31-25-15-5-4-14-24(25)28-33-32-27(35-28)20-10-2-1-3-11-20/h1-18H,19H2,(H,31,34). The number of nitrogens with one attached hydrogen (secondary N) is 1. The predicted molar refractivity (Wildman–Crippen MR) is 134 cm³/mol. The molecule has 0 saturated carbocycles. The van der Waals surface area contributed by atoms with Crippen LogP contribution in [0, 0.1) is 0 Å². The highest BCUT2D eigenvalue weighted by Crippen LogP contribution is 2.30. The van der Waals surface area contributed by atoms with E-state index in [-0.39, 0.29) is 5.91 Å². The molecule has 0 aliphatic heterocycles. The van der Waals surface area contributed by atoms with Crippen LogP contribution in [0.25, 0.3) is 29.0 Å². The summed E-state index contributed by atoms with van der Waals surface area (Å²) in [5.41, 5.74) is 4.00. The van der Waals surface area contributed by atoms with Crippen LogP contribution < -0.4 is 5.32 Å². The number of pyridine rings is 2. The Labute approximate surface area is 202 Å². The Balaban J connectivity index is 1.44. The fraction of sp³-hybridized carbons (Fsp3) is 0.0357. The SMILES string of the molecule is O=C(Nc1ccccc1-c1nnc(-c2ccccc2)o1)C(=Cc1ccccn1)Cc1ccccn1. The molecule has 0 aliphatic rings. The van der Waals surface area contributed by atoms with Crippen molar-refractivity contribution in [3.63, 3.8) is 0 Å². The van der Waals surface area contributed by atoms with Gasteiger partial charge in [0.25, 0.3) is 5.91 Å². The number of amides is 1. The number of hydrogen-bond acceptors (Lipinski definition) is 6. The van der Waals surface area contributed by atoms with Crippen molar-refractivity contribution in [3.05, 3.63) is 120 Å². The van der Waals surface area contributed by atoms with Gasteiger partial charge in [-0.1, -0.05) is 42.5 Å². The highest BCUT2D eigenvalue weighted by Gasteiger charge is 2.18. The molecule has 0 bridgehead atoms. The summed E-state index contributed by atoms with van der Waals surface area (Å²) in [4.78, 5) is 22.1. The van der Waals surface area contributed by atoms with Crippen molar-refractivity contribution in [2.75, 3.05) is 5.32 Å². The molecule has 0 saturated heterocycles. The molecule has 2 aromatic carbocycles. The molecule has 1 N–H and O–H groups in total. The Morgan fingerprint density at radius 2 is 1.49 bits per heavy atom. The molecule has 7 nitrogen and oxygen atoms in total. The molecule has 7 heteroatoms. The minimum Gasteiger partial charge on any atom is -0.416 e. The van der Waals surface area contributed by atoms with Crippen LogP contribution >= 0.6 is 0 Å². The lowest BCUT2D eigenvalue weighted by molar-refractivity contribution is -0.112. The molecule has 3 heterocycles. The first kappa shape index (κ1) is 21.9. The van der Waals surface area contributed by atoms with Crippen molar-refractivity contribution in [2.24, 2.45) is 0 Å². The average molecular weight is 460 g/mol. The van der Waals surface area contributed by atoms with Crippen molar-refractivity contribution in [1.29, 1.82) is 0 Å². The van der Waals surface area contributed by atoms with Gasteiger partial charge in [-0.25, -0.2) is 0 Å². The molecule has 5 aromatic rings. The Kier molecular flexibility index (Phi) is 6.48. The van der Waals surface area contributed by atoms with Crippen molar-refractivity contribution < 1.29 is 9.21 Å². The van der Waals surface area contributed by atoms with E-state index in [1.807, 2.05) is 84.9 Å². The molecule has 170 valence electrons. The van der Waals surface area contributed by atoms with Gasteiger partial charge in [-0.05, 0) is 54.6 Å². The maximum atomic E-state index is 13.4. The van der Waals surface area contributed by atoms with Crippen molar-refractivity contribution in [1.82, 2.24) is 20.2 Å². The molecule has 3 aromatic heterocycles. The van der Waals surface area contributed by atoms with Gasteiger partial charge in [-0.15, -0.1) is 10.2 Å². The van der Waals surface area contributed by atoms with E-state index in [9.17, 15) is 4.79 Å². The monoisotopic (exact) mass is 459 g/mol. The summed E-state index contributed by atoms with van der Waals surface area (Å²) in [6, 6.07) is 28.1. The topological polar surface area (TPSA) is 93.8 Å². The first-order chi connectivity index (χ1) is 17.3. The van der Waals surface area contributed by atoms with E-state index in [0.717, 1.165) is 11.3 Å². The largest absolute Gasteiger partial charge is 0.416 e. The highest BCUT2D eigenvalue weighted by molar-refractivity contribution is 6.08. The van der Waals surface area contributed by atoms with Gasteiger partial charge in [0, 0.05) is 35.6 Å². The normalized spacial score (nSPS) is 11.3. The third-order valence-electron chi connectivity index (χ3n) is 5.25. The van der Waals surface area contributed by atoms with Crippen LogP contribution in [0.4, 0.5) is 5.69 Å². The molecule has 0 radical (unpaired) electrons. The number of nitrogens with zero attached hydrogens (tertiary/aromatic N) is 4. The van der Waals surface area contributed by atoms with Gasteiger partial charge in [-0.3, -0.25) is 14.8 Å². The minimum absolute atomic E-state index is 0.267. The summed E-state index contributed by atoms with van der Waals surface area (Å²) in [5, 5.41) is 11.4. The fourth-order valence-corrected chi connectivity index (χ4v) is 3.55. The average Bonchev–Trinajstić information content (AvgIpc) is 3.41. The van der Waals surface area contributed by atoms with Crippen LogP contribution in [0.5, 0.6) is 0 Å². The maximum absolute atomic E-state index is 13.4. The zero-order valence-electron chi connectivity index (χ0n) is 18.7. The van der Waals surface area contributed by atoms with E-state index >= 15 is 0 Å². The van der Waals surface area contributed by atoms with Crippen LogP contribution in [-0.2, 0) is 11.2 Å². The number of hydrogen-bond donors (Lipinski definition) is 1. The predicted octanol–water partition coefficient (Wildman–Crippen LogP) is 5.46. The van der Waals surface area contributed by atoms with Gasteiger partial charge in [0.05, 0.1) is 16.9 Å². The lowest BCUT2D eigenvalue weighted by Crippen LogP contribution is -2.17. The second-order valence-corrected chi connectivity index (χ2v) is 7.70. The number of aromatic nitrogens is 4. The van der Waals surface area contributed by atoms with Crippen LogP contribution in [0.15, 0.2) is 113 Å². The number of anilines is 1. The van der Waals surface area contributed by atoms with Crippen molar-refractivity contribution in [3.8, 4) is 22.9 Å². The highest BCUT2D eigenvalue weighted by atomic mass is 16.4. The quantitative estimate of drug-likeness (QED) is 0.325. The summed E-state index contributed by atoms with van der Waals surface area (Å²) in [7, 11) is 0. The summed E-state index contributed by atoms with van der Waals surface area (Å²) in [5.74, 6) is 0.462. The van der Waals surface area contributed by atoms with E-state index < -0.39 is 0 Å². The summed E-state index contributed by atoms with van der Waals surface area (Å²) < 4.78 is 5.92. The van der Waals surface area contributed by atoms with Crippen LogP contribution in [0.3, 0.4) is 0 Å². The van der Waals surface area contributed by atoms with Gasteiger partial charge >= 0.3 is 0 Å². The summed E-state index contributed by atoms with van der Waals surface area (Å²) >= 11 is 0. The zero-order chi connectivity index (χ0) is 23.9. The molecule has 0 spiro atoms. The molecule has 0 aliphatic carbocycles. The van der Waals surface area contributed by atoms with Gasteiger partial charge in [0.1, 0.15) is 0 Å². The number of para-hydroxylation sites is 1. The molecule has 1 amide bonds. The number of rotatable bonds is 7. The zero-order valence-corrected chi connectivity index (χ0v) is 18.7. The first-order valence-electron chi connectivity index (χ1n) is 11.1. The Bertz CT molecular complexity index is 1450. The second kappa shape index (κ2) is 10.4. The van der Waals surface area contributed by atoms with E-state index in [1.54, 1.807) is 24.5 Å². The smallest absolute Gasteiger partial charge is 0.252 e. The number of benzene rings is 2. The van der Waals surface area contributed by atoms with Gasteiger partial charge in [0.2, 0.25) is 11.8 Å². The minimum atomic E-state index is -0.267. The number of carbonyl (C=O) groups is 1.